The fraction of sp³-hybridized carbons (Fsp3) is 0.545. The van der Waals surface area contributed by atoms with Crippen LogP contribution in [0, 0.1) is 5.92 Å². The van der Waals surface area contributed by atoms with Gasteiger partial charge < -0.3 is 9.47 Å². The molecular weight excluding hydrogens is 420 g/mol. The zero-order chi connectivity index (χ0) is 21.4. The summed E-state index contributed by atoms with van der Waals surface area (Å²) >= 11 is 1.68. The van der Waals surface area contributed by atoms with E-state index in [1.165, 1.54) is 4.88 Å². The molecule has 1 aromatic carbocycles. The Morgan fingerprint density at radius 1 is 1.17 bits per heavy atom. The second-order valence-corrected chi connectivity index (χ2v) is 10.4. The van der Waals surface area contributed by atoms with E-state index in [2.05, 4.69) is 22.6 Å². The van der Waals surface area contributed by atoms with E-state index in [1.807, 2.05) is 18.4 Å². The Labute approximate surface area is 184 Å². The van der Waals surface area contributed by atoms with Crippen molar-refractivity contribution in [3.8, 4) is 5.75 Å². The van der Waals surface area contributed by atoms with Crippen molar-refractivity contribution in [3.05, 3.63) is 46.7 Å². The molecule has 1 saturated heterocycles. The van der Waals surface area contributed by atoms with Crippen molar-refractivity contribution in [2.45, 2.75) is 37.6 Å². The van der Waals surface area contributed by atoms with E-state index in [0.717, 1.165) is 31.8 Å². The van der Waals surface area contributed by atoms with Gasteiger partial charge in [-0.2, -0.15) is 0 Å². The van der Waals surface area contributed by atoms with Crippen molar-refractivity contribution >= 4 is 21.4 Å². The van der Waals surface area contributed by atoms with Crippen LogP contribution < -0.4 is 9.46 Å². The first-order valence-corrected chi connectivity index (χ1v) is 12.9. The Bertz CT molecular complexity index is 846. The van der Waals surface area contributed by atoms with Crippen LogP contribution in [0.2, 0.25) is 0 Å². The first-order chi connectivity index (χ1) is 14.5. The number of hydrogen-bond donors (Lipinski definition) is 1. The fourth-order valence-corrected chi connectivity index (χ4v) is 5.48. The molecule has 1 fully saturated rings. The first kappa shape index (κ1) is 23.2. The van der Waals surface area contributed by atoms with E-state index in [0.29, 0.717) is 32.1 Å². The zero-order valence-electron chi connectivity index (χ0n) is 17.7. The molecule has 6 nitrogen and oxygen atoms in total. The summed E-state index contributed by atoms with van der Waals surface area (Å²) in [5, 5.41) is 2.05. The molecule has 166 valence electrons. The summed E-state index contributed by atoms with van der Waals surface area (Å²) in [6.07, 6.45) is 2.30. The van der Waals surface area contributed by atoms with E-state index in [4.69, 9.17) is 9.47 Å². The second-order valence-electron chi connectivity index (χ2n) is 7.62. The molecule has 0 aliphatic carbocycles. The summed E-state index contributed by atoms with van der Waals surface area (Å²) in [6, 6.07) is 10.7. The highest BCUT2D eigenvalue weighted by Crippen LogP contribution is 2.29. The van der Waals surface area contributed by atoms with E-state index < -0.39 is 10.0 Å². The van der Waals surface area contributed by atoms with Crippen LogP contribution in [0.3, 0.4) is 0 Å². The minimum absolute atomic E-state index is 0.0634. The predicted molar refractivity (Wildman–Crippen MR) is 121 cm³/mol. The Morgan fingerprint density at radius 3 is 2.53 bits per heavy atom. The quantitative estimate of drug-likeness (QED) is 0.524. The molecule has 0 bridgehead atoms. The monoisotopic (exact) mass is 452 g/mol. The lowest BCUT2D eigenvalue weighted by Gasteiger charge is -2.36. The molecule has 0 amide bonds. The lowest BCUT2D eigenvalue weighted by Crippen LogP contribution is -2.41. The molecule has 0 saturated carbocycles. The number of benzene rings is 1. The number of rotatable bonds is 11. The van der Waals surface area contributed by atoms with Crippen molar-refractivity contribution in [2.75, 3.05) is 39.5 Å². The van der Waals surface area contributed by atoms with Gasteiger partial charge in [0.05, 0.1) is 17.5 Å². The topological polar surface area (TPSA) is 67.9 Å². The zero-order valence-corrected chi connectivity index (χ0v) is 19.4. The average molecular weight is 453 g/mol. The number of piperidine rings is 1. The average Bonchev–Trinajstić information content (AvgIpc) is 3.27. The van der Waals surface area contributed by atoms with E-state index in [9.17, 15) is 8.42 Å². The molecule has 1 aromatic heterocycles. The van der Waals surface area contributed by atoms with Crippen LogP contribution in [0.4, 0.5) is 0 Å². The fourth-order valence-electron chi connectivity index (χ4n) is 3.58. The van der Waals surface area contributed by atoms with Crippen LogP contribution >= 0.6 is 11.3 Å². The maximum absolute atomic E-state index is 12.9. The van der Waals surface area contributed by atoms with Crippen LogP contribution in [0.15, 0.2) is 46.7 Å². The van der Waals surface area contributed by atoms with Gasteiger partial charge in [-0.15, -0.1) is 11.3 Å². The lowest BCUT2D eigenvalue weighted by molar-refractivity contribution is 0.110. The maximum atomic E-state index is 12.9. The smallest absolute Gasteiger partial charge is 0.240 e. The molecule has 1 unspecified atom stereocenters. The summed E-state index contributed by atoms with van der Waals surface area (Å²) in [6.45, 7) is 8.18. The van der Waals surface area contributed by atoms with Gasteiger partial charge in [-0.1, -0.05) is 13.0 Å². The molecule has 0 radical (unpaired) electrons. The Balaban J connectivity index is 1.61. The van der Waals surface area contributed by atoms with Crippen LogP contribution in [-0.4, -0.2) is 52.8 Å². The van der Waals surface area contributed by atoms with Gasteiger partial charge in [-0.25, -0.2) is 13.1 Å². The summed E-state index contributed by atoms with van der Waals surface area (Å²) < 4.78 is 39.4. The number of sulfonamides is 1. The highest BCUT2D eigenvalue weighted by molar-refractivity contribution is 7.89. The Morgan fingerprint density at radius 2 is 1.90 bits per heavy atom. The van der Waals surface area contributed by atoms with Gasteiger partial charge in [0.25, 0.3) is 0 Å². The highest BCUT2D eigenvalue weighted by Gasteiger charge is 2.27. The normalized spacial score (nSPS) is 17.1. The largest absolute Gasteiger partial charge is 0.491 e. The SMILES string of the molecule is CCOCCOc1ccc(S(=O)(=O)NCC(c2cccs2)N2CCC(C)CC2)cc1. The summed E-state index contributed by atoms with van der Waals surface area (Å²) in [5.41, 5.74) is 0. The third-order valence-corrected chi connectivity index (χ3v) is 7.84. The molecule has 1 aliphatic heterocycles. The van der Waals surface area contributed by atoms with Crippen molar-refractivity contribution in [2.24, 2.45) is 5.92 Å². The Kier molecular flexibility index (Phi) is 8.71. The molecule has 2 heterocycles. The van der Waals surface area contributed by atoms with E-state index in [1.54, 1.807) is 35.6 Å². The van der Waals surface area contributed by atoms with E-state index in [-0.39, 0.29) is 10.9 Å². The van der Waals surface area contributed by atoms with E-state index >= 15 is 0 Å². The molecule has 1 atom stereocenters. The van der Waals surface area contributed by atoms with Crippen LogP contribution in [0.25, 0.3) is 0 Å². The minimum Gasteiger partial charge on any atom is -0.491 e. The van der Waals surface area contributed by atoms with Gasteiger partial charge in [-0.05, 0) is 74.5 Å². The third-order valence-electron chi connectivity index (χ3n) is 5.43. The molecule has 1 aliphatic rings. The molecule has 1 N–H and O–H groups in total. The lowest BCUT2D eigenvalue weighted by atomic mass is 9.97. The van der Waals surface area contributed by atoms with Crippen LogP contribution in [-0.2, 0) is 14.8 Å². The number of likely N-dealkylation sites (tertiary alicyclic amines) is 1. The number of nitrogens with zero attached hydrogens (tertiary/aromatic N) is 1. The Hall–Kier alpha value is -1.45. The van der Waals surface area contributed by atoms with Crippen molar-refractivity contribution in [3.63, 3.8) is 0 Å². The molecule has 8 heteroatoms. The summed E-state index contributed by atoms with van der Waals surface area (Å²) in [7, 11) is -3.59. The summed E-state index contributed by atoms with van der Waals surface area (Å²) in [5.74, 6) is 1.36. The summed E-state index contributed by atoms with van der Waals surface area (Å²) in [4.78, 5) is 3.85. The van der Waals surface area contributed by atoms with Gasteiger partial charge >= 0.3 is 0 Å². The molecule has 3 rings (SSSR count). The van der Waals surface area contributed by atoms with Gasteiger partial charge in [0.2, 0.25) is 10.0 Å². The maximum Gasteiger partial charge on any atom is 0.240 e. The van der Waals surface area contributed by atoms with Crippen LogP contribution in [0.1, 0.15) is 37.6 Å². The first-order valence-electron chi connectivity index (χ1n) is 10.6. The standard InChI is InChI=1S/C22H32N2O4S2/c1-3-27-14-15-28-19-6-8-20(9-7-19)30(25,26)23-17-21(22-5-4-16-29-22)24-12-10-18(2)11-13-24/h4-9,16,18,21,23H,3,10-15,17H2,1-2H3. The van der Waals surface area contributed by atoms with Gasteiger partial charge in [0.1, 0.15) is 12.4 Å². The molecular formula is C22H32N2O4S2. The number of hydrogen-bond acceptors (Lipinski definition) is 6. The van der Waals surface area contributed by atoms with Crippen molar-refractivity contribution < 1.29 is 17.9 Å². The van der Waals surface area contributed by atoms with Gasteiger partial charge in [-0.3, -0.25) is 4.90 Å². The van der Waals surface area contributed by atoms with Crippen molar-refractivity contribution in [1.29, 1.82) is 0 Å². The minimum atomic E-state index is -3.59. The second kappa shape index (κ2) is 11.2. The molecule has 0 spiro atoms. The number of nitrogens with one attached hydrogen (secondary N) is 1. The van der Waals surface area contributed by atoms with Crippen molar-refractivity contribution in [1.82, 2.24) is 9.62 Å². The predicted octanol–water partition coefficient (Wildman–Crippen LogP) is 3.91. The van der Waals surface area contributed by atoms with Gasteiger partial charge in [0, 0.05) is 18.0 Å². The highest BCUT2D eigenvalue weighted by atomic mass is 32.2. The third kappa shape index (κ3) is 6.52. The van der Waals surface area contributed by atoms with Gasteiger partial charge in [0.15, 0.2) is 0 Å². The van der Waals surface area contributed by atoms with Crippen LogP contribution in [0.5, 0.6) is 5.75 Å². The number of thiophene rings is 1. The number of ether oxygens (including phenoxy) is 2. The molecule has 30 heavy (non-hydrogen) atoms. The molecule has 2 aromatic rings.